The number of aromatic amines is 1. The Morgan fingerprint density at radius 2 is 1.55 bits per heavy atom. The second-order valence-corrected chi connectivity index (χ2v) is 11.8. The van der Waals surface area contributed by atoms with Crippen LogP contribution in [0.2, 0.25) is 5.02 Å². The Morgan fingerprint density at radius 1 is 0.881 bits per heavy atom. The highest BCUT2D eigenvalue weighted by atomic mass is 35.5. The molecule has 0 bridgehead atoms. The molecule has 0 atom stereocenters. The number of rotatable bonds is 9. The topological polar surface area (TPSA) is 84.1 Å². The quantitative estimate of drug-likeness (QED) is 0.165. The van der Waals surface area contributed by atoms with E-state index in [4.69, 9.17) is 25.8 Å². The summed E-state index contributed by atoms with van der Waals surface area (Å²) in [5.41, 5.74) is 1.53. The van der Waals surface area contributed by atoms with Crippen molar-refractivity contribution >= 4 is 34.4 Å². The van der Waals surface area contributed by atoms with Crippen molar-refractivity contribution in [3.05, 3.63) is 89.1 Å². The number of carbonyl (C=O) groups is 2. The van der Waals surface area contributed by atoms with Crippen LogP contribution in [0.5, 0.6) is 17.2 Å². The van der Waals surface area contributed by atoms with Gasteiger partial charge in [-0.2, -0.15) is 0 Å². The van der Waals surface area contributed by atoms with Crippen LogP contribution in [0.3, 0.4) is 0 Å². The Morgan fingerprint density at radius 3 is 2.24 bits per heavy atom. The van der Waals surface area contributed by atoms with Crippen molar-refractivity contribution in [3.63, 3.8) is 0 Å². The molecule has 42 heavy (non-hydrogen) atoms. The molecule has 8 nitrogen and oxygen atoms in total. The average Bonchev–Trinajstić information content (AvgIpc) is 3.39. The van der Waals surface area contributed by atoms with Crippen molar-refractivity contribution in [2.24, 2.45) is 0 Å². The maximum absolute atomic E-state index is 13.4. The van der Waals surface area contributed by atoms with E-state index in [1.807, 2.05) is 51.1 Å². The number of fused-ring (bicyclic) bond motifs is 1. The fourth-order valence-corrected chi connectivity index (χ4v) is 4.93. The molecule has 0 aliphatic carbocycles. The normalized spacial score (nSPS) is 14.1. The Hall–Kier alpha value is -4.01. The highest BCUT2D eigenvalue weighted by Crippen LogP contribution is 2.29. The summed E-state index contributed by atoms with van der Waals surface area (Å²) in [4.78, 5) is 32.9. The van der Waals surface area contributed by atoms with Crippen LogP contribution in [0.25, 0.3) is 10.9 Å². The lowest BCUT2D eigenvalue weighted by atomic mass is 10.0. The number of amides is 1. The predicted molar refractivity (Wildman–Crippen MR) is 164 cm³/mol. The summed E-state index contributed by atoms with van der Waals surface area (Å²) in [6.45, 7) is 10.1. The van der Waals surface area contributed by atoms with Crippen molar-refractivity contribution in [2.45, 2.75) is 32.8 Å². The number of halogens is 1. The summed E-state index contributed by atoms with van der Waals surface area (Å²) in [5.74, 6) is 1.94. The monoisotopic (exact) mass is 589 g/mol. The zero-order valence-electron chi connectivity index (χ0n) is 24.2. The molecule has 0 unspecified atom stereocenters. The molecule has 1 aliphatic heterocycles. The maximum Gasteiger partial charge on any atom is 0.410 e. The Labute approximate surface area is 251 Å². The van der Waals surface area contributed by atoms with Crippen molar-refractivity contribution in [1.82, 2.24) is 14.8 Å². The van der Waals surface area contributed by atoms with Gasteiger partial charge in [0.1, 0.15) is 22.8 Å². The fourth-order valence-electron chi connectivity index (χ4n) is 4.81. The summed E-state index contributed by atoms with van der Waals surface area (Å²) in [6, 6.07) is 20.0. The number of ether oxygens (including phenoxy) is 3. The molecule has 1 aliphatic rings. The smallest absolute Gasteiger partial charge is 0.410 e. The van der Waals surface area contributed by atoms with E-state index in [0.29, 0.717) is 47.3 Å². The Balaban J connectivity index is 1.10. The Bertz CT molecular complexity index is 1520. The second-order valence-electron chi connectivity index (χ2n) is 11.3. The van der Waals surface area contributed by atoms with E-state index in [1.165, 1.54) is 0 Å². The van der Waals surface area contributed by atoms with E-state index in [9.17, 15) is 9.59 Å². The summed E-state index contributed by atoms with van der Waals surface area (Å²) >= 11 is 5.97. The number of hydrogen-bond acceptors (Lipinski definition) is 6. The van der Waals surface area contributed by atoms with Gasteiger partial charge >= 0.3 is 6.09 Å². The van der Waals surface area contributed by atoms with Crippen molar-refractivity contribution < 1.29 is 23.8 Å². The van der Waals surface area contributed by atoms with E-state index >= 15 is 0 Å². The van der Waals surface area contributed by atoms with Crippen molar-refractivity contribution in [2.75, 3.05) is 39.3 Å². The van der Waals surface area contributed by atoms with E-state index < -0.39 is 5.60 Å². The number of piperazine rings is 1. The standard InChI is InChI=1S/C33H36ClN3O5/c1-33(2,3)42-32(39)37-18-16-36(17-19-37)15-4-20-40-25-9-5-23(6-10-25)31(38)29-22-35-30-14-13-27(21-28(29)30)41-26-11-7-24(34)8-12-26/h5-14,21-22,35H,4,15-20H2,1-3H3. The maximum atomic E-state index is 13.4. The molecule has 3 aromatic carbocycles. The number of benzene rings is 3. The molecule has 9 heteroatoms. The van der Waals surface area contributed by atoms with Gasteiger partial charge in [-0.05, 0) is 93.9 Å². The lowest BCUT2D eigenvalue weighted by Gasteiger charge is -2.35. The molecule has 1 aromatic heterocycles. The average molecular weight is 590 g/mol. The number of nitrogens with zero attached hydrogens (tertiary/aromatic N) is 2. The van der Waals surface area contributed by atoms with Crippen molar-refractivity contribution in [3.8, 4) is 17.2 Å². The molecule has 4 aromatic rings. The first-order valence-corrected chi connectivity index (χ1v) is 14.5. The molecule has 1 fully saturated rings. The van der Waals surface area contributed by atoms with Gasteiger partial charge in [0, 0.05) is 66.0 Å². The minimum atomic E-state index is -0.480. The second kappa shape index (κ2) is 12.9. The molecule has 2 heterocycles. The van der Waals surface area contributed by atoms with Gasteiger partial charge in [-0.1, -0.05) is 11.6 Å². The van der Waals surface area contributed by atoms with Crippen LogP contribution in [0.15, 0.2) is 72.9 Å². The largest absolute Gasteiger partial charge is 0.494 e. The lowest BCUT2D eigenvalue weighted by molar-refractivity contribution is 0.0142. The minimum Gasteiger partial charge on any atom is -0.494 e. The number of ketones is 1. The van der Waals surface area contributed by atoms with Crippen molar-refractivity contribution in [1.29, 1.82) is 0 Å². The van der Waals surface area contributed by atoms with Gasteiger partial charge in [0.2, 0.25) is 0 Å². The van der Waals surface area contributed by atoms with Gasteiger partial charge < -0.3 is 24.1 Å². The van der Waals surface area contributed by atoms with Gasteiger partial charge in [-0.15, -0.1) is 0 Å². The van der Waals surface area contributed by atoms with E-state index in [1.54, 1.807) is 47.5 Å². The van der Waals surface area contributed by atoms with Crippen LogP contribution >= 0.6 is 11.6 Å². The highest BCUT2D eigenvalue weighted by Gasteiger charge is 2.25. The van der Waals surface area contributed by atoms with Crippen LogP contribution in [0, 0.1) is 0 Å². The van der Waals surface area contributed by atoms with Crippen LogP contribution < -0.4 is 9.47 Å². The Kier molecular flexibility index (Phi) is 9.04. The molecule has 0 saturated carbocycles. The van der Waals surface area contributed by atoms with Crippen LogP contribution in [-0.4, -0.2) is 71.6 Å². The van der Waals surface area contributed by atoms with Gasteiger partial charge in [0.25, 0.3) is 0 Å². The third-order valence-corrected chi connectivity index (χ3v) is 7.23. The molecule has 1 saturated heterocycles. The molecule has 0 radical (unpaired) electrons. The van der Waals surface area contributed by atoms with Gasteiger partial charge in [0.05, 0.1) is 6.61 Å². The number of hydrogen-bond donors (Lipinski definition) is 1. The predicted octanol–water partition coefficient (Wildman–Crippen LogP) is 7.17. The summed E-state index contributed by atoms with van der Waals surface area (Å²) in [7, 11) is 0. The molecule has 1 amide bonds. The summed E-state index contributed by atoms with van der Waals surface area (Å²) < 4.78 is 17.4. The lowest BCUT2D eigenvalue weighted by Crippen LogP contribution is -2.50. The number of H-pyrrole nitrogens is 1. The zero-order valence-corrected chi connectivity index (χ0v) is 24.9. The van der Waals surface area contributed by atoms with Crippen LogP contribution in [0.4, 0.5) is 4.79 Å². The van der Waals surface area contributed by atoms with E-state index in [0.717, 1.165) is 42.7 Å². The number of aromatic nitrogens is 1. The number of carbonyl (C=O) groups excluding carboxylic acids is 2. The van der Waals surface area contributed by atoms with Gasteiger partial charge in [-0.25, -0.2) is 4.79 Å². The molecule has 220 valence electrons. The molecule has 1 N–H and O–H groups in total. The first-order chi connectivity index (χ1) is 20.1. The third-order valence-electron chi connectivity index (χ3n) is 6.98. The molecular formula is C33H36ClN3O5. The van der Waals surface area contributed by atoms with Crippen LogP contribution in [-0.2, 0) is 4.74 Å². The van der Waals surface area contributed by atoms with E-state index in [2.05, 4.69) is 9.88 Å². The SMILES string of the molecule is CC(C)(C)OC(=O)N1CCN(CCCOc2ccc(C(=O)c3c[nH]c4ccc(Oc5ccc(Cl)cc5)cc34)cc2)CC1. The summed E-state index contributed by atoms with van der Waals surface area (Å²) in [5, 5.41) is 1.43. The summed E-state index contributed by atoms with van der Waals surface area (Å²) in [6.07, 6.45) is 2.35. The highest BCUT2D eigenvalue weighted by molar-refractivity contribution is 6.30. The molecule has 5 rings (SSSR count). The first kappa shape index (κ1) is 29.5. The fraction of sp³-hybridized carbons (Fsp3) is 0.333. The molecular weight excluding hydrogens is 554 g/mol. The van der Waals surface area contributed by atoms with E-state index in [-0.39, 0.29) is 11.9 Å². The van der Waals surface area contributed by atoms with Crippen LogP contribution in [0.1, 0.15) is 43.1 Å². The molecule has 0 spiro atoms. The first-order valence-electron chi connectivity index (χ1n) is 14.2. The van der Waals surface area contributed by atoms with Gasteiger partial charge in [0.15, 0.2) is 5.78 Å². The van der Waals surface area contributed by atoms with Gasteiger partial charge in [-0.3, -0.25) is 9.69 Å². The zero-order chi connectivity index (χ0) is 29.7. The third kappa shape index (κ3) is 7.63. The number of nitrogens with one attached hydrogen (secondary N) is 1. The minimum absolute atomic E-state index is 0.0815.